The minimum absolute atomic E-state index is 0.0209. The smallest absolute Gasteiger partial charge is 0.233 e. The highest BCUT2D eigenvalue weighted by molar-refractivity contribution is 5.81. The van der Waals surface area contributed by atoms with Crippen LogP contribution in [0, 0.1) is 12.7 Å². The molecule has 0 spiro atoms. The number of rotatable bonds is 1. The molecule has 2 aromatic heterocycles. The molecule has 0 saturated heterocycles. The lowest BCUT2D eigenvalue weighted by atomic mass is 10.1. The summed E-state index contributed by atoms with van der Waals surface area (Å²) in [6, 6.07) is 6.66. The molecule has 21 heavy (non-hydrogen) atoms. The van der Waals surface area contributed by atoms with Crippen molar-refractivity contribution in [2.24, 2.45) is 0 Å². The third-order valence-corrected chi connectivity index (χ3v) is 3.06. The van der Waals surface area contributed by atoms with Crippen molar-refractivity contribution in [1.82, 2.24) is 14.8 Å². The molecule has 0 aliphatic heterocycles. The zero-order chi connectivity index (χ0) is 15.2. The van der Waals surface area contributed by atoms with E-state index in [-0.39, 0.29) is 22.4 Å². The van der Waals surface area contributed by atoms with E-state index in [1.165, 1.54) is 25.1 Å². The molecular formula is C14H9F4N3. The highest BCUT2D eigenvalue weighted by Gasteiger charge is 2.34. The number of halogens is 4. The maximum Gasteiger partial charge on any atom is 0.417 e. The van der Waals surface area contributed by atoms with E-state index in [0.29, 0.717) is 0 Å². The summed E-state index contributed by atoms with van der Waals surface area (Å²) in [5.74, 6) is -0.584. The average molecular weight is 295 g/mol. The molecule has 0 radical (unpaired) electrons. The minimum atomic E-state index is -4.52. The van der Waals surface area contributed by atoms with Crippen LogP contribution in [-0.2, 0) is 6.18 Å². The average Bonchev–Trinajstić information content (AvgIpc) is 2.80. The van der Waals surface area contributed by atoms with Crippen LogP contribution in [0.1, 0.15) is 11.3 Å². The molecule has 0 amide bonds. The zero-order valence-corrected chi connectivity index (χ0v) is 10.8. The maximum absolute atomic E-state index is 13.8. The largest absolute Gasteiger partial charge is 0.417 e. The van der Waals surface area contributed by atoms with Gasteiger partial charge in [0.2, 0.25) is 0 Å². The maximum atomic E-state index is 13.8. The molecule has 0 aliphatic carbocycles. The van der Waals surface area contributed by atoms with Crippen molar-refractivity contribution in [1.29, 1.82) is 0 Å². The first-order valence-electron chi connectivity index (χ1n) is 6.05. The number of hydrogen-bond acceptors (Lipinski definition) is 2. The number of fused-ring (bicyclic) bond motifs is 1. The number of aromatic nitrogens is 3. The van der Waals surface area contributed by atoms with Crippen LogP contribution in [0.2, 0.25) is 0 Å². The molecule has 3 nitrogen and oxygen atoms in total. The third kappa shape index (κ3) is 2.24. The van der Waals surface area contributed by atoms with E-state index in [2.05, 4.69) is 10.1 Å². The number of alkyl halides is 3. The Morgan fingerprint density at radius 2 is 1.86 bits per heavy atom. The standard InChI is InChI=1S/C14H9F4N3/c1-8-6-10(14(16,17)18)9-7-19-21(13(9)20-8)12-5-3-2-4-11(12)15/h2-7H,1H3. The fourth-order valence-corrected chi connectivity index (χ4v) is 2.16. The molecule has 0 bridgehead atoms. The quantitative estimate of drug-likeness (QED) is 0.638. The van der Waals surface area contributed by atoms with Crippen molar-refractivity contribution < 1.29 is 17.6 Å². The van der Waals surface area contributed by atoms with E-state index < -0.39 is 17.6 Å². The van der Waals surface area contributed by atoms with Gasteiger partial charge in [-0.05, 0) is 25.1 Å². The Morgan fingerprint density at radius 3 is 2.52 bits per heavy atom. The summed E-state index contributed by atoms with van der Waals surface area (Å²) in [7, 11) is 0. The van der Waals surface area contributed by atoms with Crippen LogP contribution >= 0.6 is 0 Å². The normalized spacial score (nSPS) is 12.0. The van der Waals surface area contributed by atoms with Gasteiger partial charge in [0.05, 0.1) is 17.1 Å². The molecule has 3 aromatic rings. The molecule has 0 aliphatic rings. The molecule has 0 fully saturated rings. The molecule has 1 aromatic carbocycles. The van der Waals surface area contributed by atoms with Gasteiger partial charge in [0, 0.05) is 5.69 Å². The lowest BCUT2D eigenvalue weighted by molar-refractivity contribution is -0.136. The monoisotopic (exact) mass is 295 g/mol. The van der Waals surface area contributed by atoms with Gasteiger partial charge in [-0.2, -0.15) is 18.3 Å². The number of benzene rings is 1. The third-order valence-electron chi connectivity index (χ3n) is 3.06. The second-order valence-electron chi connectivity index (χ2n) is 4.55. The van der Waals surface area contributed by atoms with Crippen LogP contribution in [-0.4, -0.2) is 14.8 Å². The van der Waals surface area contributed by atoms with E-state index >= 15 is 0 Å². The van der Waals surface area contributed by atoms with Gasteiger partial charge in [-0.25, -0.2) is 14.1 Å². The molecule has 0 unspecified atom stereocenters. The van der Waals surface area contributed by atoms with Crippen molar-refractivity contribution >= 4 is 11.0 Å². The molecular weight excluding hydrogens is 286 g/mol. The number of aryl methyl sites for hydroxylation is 1. The van der Waals surface area contributed by atoms with Gasteiger partial charge in [0.15, 0.2) is 5.65 Å². The van der Waals surface area contributed by atoms with Crippen LogP contribution in [0.4, 0.5) is 17.6 Å². The van der Waals surface area contributed by atoms with Crippen molar-refractivity contribution in [3.63, 3.8) is 0 Å². The zero-order valence-electron chi connectivity index (χ0n) is 10.8. The van der Waals surface area contributed by atoms with Crippen molar-refractivity contribution in [2.75, 3.05) is 0 Å². The van der Waals surface area contributed by atoms with Gasteiger partial charge in [-0.15, -0.1) is 0 Å². The number of nitrogens with zero attached hydrogens (tertiary/aromatic N) is 3. The second kappa shape index (κ2) is 4.54. The van der Waals surface area contributed by atoms with E-state index in [1.54, 1.807) is 6.07 Å². The summed E-state index contributed by atoms with van der Waals surface area (Å²) >= 11 is 0. The molecule has 0 atom stereocenters. The van der Waals surface area contributed by atoms with Crippen molar-refractivity contribution in [3.8, 4) is 5.69 Å². The van der Waals surface area contributed by atoms with Crippen molar-refractivity contribution in [2.45, 2.75) is 13.1 Å². The van der Waals surface area contributed by atoms with Crippen LogP contribution in [0.3, 0.4) is 0 Å². The van der Waals surface area contributed by atoms with Gasteiger partial charge in [-0.1, -0.05) is 12.1 Å². The number of hydrogen-bond donors (Lipinski definition) is 0. The summed E-state index contributed by atoms with van der Waals surface area (Å²) in [4.78, 5) is 4.06. The summed E-state index contributed by atoms with van der Waals surface area (Å²) in [6.45, 7) is 1.45. The van der Waals surface area contributed by atoms with Crippen LogP contribution in [0.25, 0.3) is 16.7 Å². The number of pyridine rings is 1. The fraction of sp³-hybridized carbons (Fsp3) is 0.143. The van der Waals surface area contributed by atoms with Gasteiger partial charge >= 0.3 is 6.18 Å². The SMILES string of the molecule is Cc1cc(C(F)(F)F)c2cnn(-c3ccccc3F)c2n1. The van der Waals surface area contributed by atoms with Crippen LogP contribution in [0.15, 0.2) is 36.5 Å². The summed E-state index contributed by atoms with van der Waals surface area (Å²) < 4.78 is 54.0. The summed E-state index contributed by atoms with van der Waals surface area (Å²) in [5.41, 5.74) is -0.605. The minimum Gasteiger partial charge on any atom is -0.233 e. The van der Waals surface area contributed by atoms with E-state index in [9.17, 15) is 17.6 Å². The first kappa shape index (κ1) is 13.5. The molecule has 3 rings (SSSR count). The Kier molecular flexibility index (Phi) is 2.93. The lowest BCUT2D eigenvalue weighted by Crippen LogP contribution is -2.08. The van der Waals surface area contributed by atoms with Gasteiger partial charge in [-0.3, -0.25) is 0 Å². The number of para-hydroxylation sites is 1. The van der Waals surface area contributed by atoms with E-state index in [1.807, 2.05) is 0 Å². The van der Waals surface area contributed by atoms with Crippen LogP contribution < -0.4 is 0 Å². The van der Waals surface area contributed by atoms with Gasteiger partial charge < -0.3 is 0 Å². The van der Waals surface area contributed by atoms with E-state index in [4.69, 9.17) is 0 Å². The topological polar surface area (TPSA) is 30.7 Å². The first-order chi connectivity index (χ1) is 9.88. The van der Waals surface area contributed by atoms with Crippen LogP contribution in [0.5, 0.6) is 0 Å². The Labute approximate surface area is 116 Å². The fourth-order valence-electron chi connectivity index (χ4n) is 2.16. The molecule has 7 heteroatoms. The van der Waals surface area contributed by atoms with Gasteiger partial charge in [0.25, 0.3) is 0 Å². The highest BCUT2D eigenvalue weighted by Crippen LogP contribution is 2.35. The summed E-state index contributed by atoms with van der Waals surface area (Å²) in [6.07, 6.45) is -3.47. The summed E-state index contributed by atoms with van der Waals surface area (Å²) in [5, 5.41) is 3.70. The molecule has 0 saturated carbocycles. The van der Waals surface area contributed by atoms with Crippen molar-refractivity contribution in [3.05, 3.63) is 53.6 Å². The molecule has 108 valence electrons. The Morgan fingerprint density at radius 1 is 1.14 bits per heavy atom. The Hall–Kier alpha value is -2.44. The molecule has 2 heterocycles. The predicted molar refractivity (Wildman–Crippen MR) is 68.6 cm³/mol. The highest BCUT2D eigenvalue weighted by atomic mass is 19.4. The predicted octanol–water partition coefficient (Wildman–Crippen LogP) is 3.89. The Balaban J connectivity index is 2.34. The van der Waals surface area contributed by atoms with E-state index in [0.717, 1.165) is 16.9 Å². The van der Waals surface area contributed by atoms with Gasteiger partial charge in [0.1, 0.15) is 11.5 Å². The first-order valence-corrected chi connectivity index (χ1v) is 6.05. The molecule has 0 N–H and O–H groups in total. The second-order valence-corrected chi connectivity index (χ2v) is 4.55. The lowest BCUT2D eigenvalue weighted by Gasteiger charge is -2.09. The Bertz CT molecular complexity index is 821.